The van der Waals surface area contributed by atoms with E-state index in [1.165, 1.54) is 0 Å². The van der Waals surface area contributed by atoms with Crippen LogP contribution < -0.4 is 5.56 Å². The molecule has 106 valence electrons. The van der Waals surface area contributed by atoms with Crippen LogP contribution in [0.4, 0.5) is 0 Å². The molecule has 0 aromatic carbocycles. The predicted octanol–water partition coefficient (Wildman–Crippen LogP) is 2.44. The highest BCUT2D eigenvalue weighted by atomic mass is 32.1. The molecule has 1 N–H and O–H groups in total. The Morgan fingerprint density at radius 2 is 2.20 bits per heavy atom. The number of carboxylic acids is 1. The first kappa shape index (κ1) is 13.3. The summed E-state index contributed by atoms with van der Waals surface area (Å²) in [7, 11) is 0. The van der Waals surface area contributed by atoms with Gasteiger partial charge in [0.2, 0.25) is 0 Å². The molecule has 5 nitrogen and oxygen atoms in total. The second-order valence-electron chi connectivity index (χ2n) is 5.46. The molecule has 1 atom stereocenters. The van der Waals surface area contributed by atoms with Crippen molar-refractivity contribution in [1.29, 1.82) is 0 Å². The number of rotatable bonds is 1. The van der Waals surface area contributed by atoms with E-state index < -0.39 is 5.97 Å². The molecule has 20 heavy (non-hydrogen) atoms. The molecule has 0 aliphatic carbocycles. The van der Waals surface area contributed by atoms with Crippen LogP contribution >= 0.6 is 11.3 Å². The number of aromatic nitrogens is 2. The molecule has 0 spiro atoms. The zero-order valence-corrected chi connectivity index (χ0v) is 12.3. The summed E-state index contributed by atoms with van der Waals surface area (Å²) < 4.78 is 1.73. The van der Waals surface area contributed by atoms with Crippen molar-refractivity contribution >= 4 is 27.5 Å². The molecule has 0 fully saturated rings. The van der Waals surface area contributed by atoms with Gasteiger partial charge in [0.05, 0.1) is 5.39 Å². The number of aryl methyl sites for hydroxylation is 2. The molecule has 3 heterocycles. The Morgan fingerprint density at radius 1 is 1.45 bits per heavy atom. The molecule has 0 bridgehead atoms. The van der Waals surface area contributed by atoms with Gasteiger partial charge in [0, 0.05) is 13.0 Å². The number of nitrogens with zero attached hydrogens (tertiary/aromatic N) is 2. The fraction of sp³-hybridized carbons (Fsp3) is 0.500. The zero-order valence-electron chi connectivity index (χ0n) is 11.5. The third kappa shape index (κ3) is 1.95. The van der Waals surface area contributed by atoms with Crippen molar-refractivity contribution in [3.8, 4) is 0 Å². The van der Waals surface area contributed by atoms with E-state index in [2.05, 4.69) is 11.9 Å². The molecular formula is C14H16N2O3S. The molecule has 0 amide bonds. The second kappa shape index (κ2) is 4.70. The number of thiophene rings is 1. The van der Waals surface area contributed by atoms with Crippen molar-refractivity contribution < 1.29 is 9.90 Å². The number of carbonyl (C=O) groups is 1. The van der Waals surface area contributed by atoms with E-state index in [9.17, 15) is 14.7 Å². The number of carboxylic acid groups (broad SMARTS) is 1. The summed E-state index contributed by atoms with van der Waals surface area (Å²) in [6, 6.07) is 0. The molecule has 1 aliphatic heterocycles. The maximum absolute atomic E-state index is 12.6. The van der Waals surface area contributed by atoms with E-state index in [1.807, 2.05) is 0 Å². The minimum atomic E-state index is -0.987. The van der Waals surface area contributed by atoms with Crippen LogP contribution in [0, 0.1) is 12.8 Å². The SMILES string of the molecule is Cc1c(C(=O)O)sc2nc3n(c(=O)c12)CC[C@@H](C)CC3. The lowest BCUT2D eigenvalue weighted by Gasteiger charge is -2.08. The molecule has 0 unspecified atom stereocenters. The molecule has 0 saturated heterocycles. The summed E-state index contributed by atoms with van der Waals surface area (Å²) in [5.74, 6) is 0.397. The Kier molecular flexibility index (Phi) is 3.12. The fourth-order valence-corrected chi connectivity index (χ4v) is 3.78. The van der Waals surface area contributed by atoms with Crippen molar-refractivity contribution in [3.63, 3.8) is 0 Å². The first-order chi connectivity index (χ1) is 9.49. The van der Waals surface area contributed by atoms with Crippen LogP contribution in [0.3, 0.4) is 0 Å². The molecule has 0 radical (unpaired) electrons. The van der Waals surface area contributed by atoms with Gasteiger partial charge in [-0.1, -0.05) is 6.92 Å². The summed E-state index contributed by atoms with van der Waals surface area (Å²) in [5.41, 5.74) is 0.461. The molecule has 2 aromatic heterocycles. The van der Waals surface area contributed by atoms with Gasteiger partial charge in [-0.2, -0.15) is 0 Å². The van der Waals surface area contributed by atoms with Crippen molar-refractivity contribution in [2.45, 2.75) is 39.7 Å². The minimum Gasteiger partial charge on any atom is -0.477 e. The lowest BCUT2D eigenvalue weighted by Crippen LogP contribution is -2.24. The molecule has 6 heteroatoms. The number of hydrogen-bond donors (Lipinski definition) is 1. The second-order valence-corrected chi connectivity index (χ2v) is 6.46. The fourth-order valence-electron chi connectivity index (χ4n) is 2.75. The standard InChI is InChI=1S/C14H16N2O3S/c1-7-3-4-9-15-12-10(13(17)16(9)6-5-7)8(2)11(20-12)14(18)19/h7H,3-6H2,1-2H3,(H,18,19)/t7-/m0/s1. The van der Waals surface area contributed by atoms with Gasteiger partial charge in [-0.15, -0.1) is 11.3 Å². The van der Waals surface area contributed by atoms with Crippen molar-refractivity contribution in [3.05, 3.63) is 26.6 Å². The lowest BCUT2D eigenvalue weighted by molar-refractivity contribution is 0.0701. The van der Waals surface area contributed by atoms with Gasteiger partial charge in [-0.05, 0) is 31.2 Å². The first-order valence-electron chi connectivity index (χ1n) is 6.75. The Morgan fingerprint density at radius 3 is 2.90 bits per heavy atom. The summed E-state index contributed by atoms with van der Waals surface area (Å²) in [6.45, 7) is 4.56. The Hall–Kier alpha value is -1.69. The third-order valence-electron chi connectivity index (χ3n) is 4.03. The van der Waals surface area contributed by atoms with Gasteiger partial charge in [-0.25, -0.2) is 9.78 Å². The number of hydrogen-bond acceptors (Lipinski definition) is 4. The van der Waals surface area contributed by atoms with Crippen molar-refractivity contribution in [1.82, 2.24) is 9.55 Å². The van der Waals surface area contributed by atoms with Gasteiger partial charge < -0.3 is 5.11 Å². The highest BCUT2D eigenvalue weighted by Crippen LogP contribution is 2.28. The van der Waals surface area contributed by atoms with E-state index in [1.54, 1.807) is 11.5 Å². The maximum atomic E-state index is 12.6. The lowest BCUT2D eigenvalue weighted by atomic mass is 10.0. The van der Waals surface area contributed by atoms with Gasteiger partial charge in [0.15, 0.2) is 0 Å². The predicted molar refractivity (Wildman–Crippen MR) is 77.7 cm³/mol. The highest BCUT2D eigenvalue weighted by molar-refractivity contribution is 7.20. The average molecular weight is 292 g/mol. The molecular weight excluding hydrogens is 276 g/mol. The van der Waals surface area contributed by atoms with Gasteiger partial charge in [0.25, 0.3) is 5.56 Å². The number of fused-ring (bicyclic) bond motifs is 2. The summed E-state index contributed by atoms with van der Waals surface area (Å²) >= 11 is 1.10. The van der Waals surface area contributed by atoms with Crippen LogP contribution in [0.15, 0.2) is 4.79 Å². The Balaban J connectivity index is 2.28. The third-order valence-corrected chi connectivity index (χ3v) is 5.20. The number of aromatic carboxylic acids is 1. The van der Waals surface area contributed by atoms with Crippen molar-refractivity contribution in [2.24, 2.45) is 5.92 Å². The first-order valence-corrected chi connectivity index (χ1v) is 7.56. The highest BCUT2D eigenvalue weighted by Gasteiger charge is 2.22. The van der Waals surface area contributed by atoms with Crippen LogP contribution in [0.5, 0.6) is 0 Å². The average Bonchev–Trinajstić information content (AvgIpc) is 2.60. The van der Waals surface area contributed by atoms with E-state index in [0.29, 0.717) is 28.2 Å². The normalized spacial score (nSPS) is 18.8. The topological polar surface area (TPSA) is 72.2 Å². The van der Waals surface area contributed by atoms with Crippen molar-refractivity contribution in [2.75, 3.05) is 0 Å². The van der Waals surface area contributed by atoms with Crippen LogP contribution in [-0.2, 0) is 13.0 Å². The quantitative estimate of drug-likeness (QED) is 0.876. The largest absolute Gasteiger partial charge is 0.477 e. The van der Waals surface area contributed by atoms with Gasteiger partial charge >= 0.3 is 5.97 Å². The van der Waals surface area contributed by atoms with Crippen LogP contribution in [0.25, 0.3) is 10.2 Å². The monoisotopic (exact) mass is 292 g/mol. The van der Waals surface area contributed by atoms with Crippen LogP contribution in [-0.4, -0.2) is 20.6 Å². The Labute approximate surface area is 119 Å². The van der Waals surface area contributed by atoms with Crippen LogP contribution in [0.1, 0.15) is 40.8 Å². The molecule has 2 aromatic rings. The Bertz CT molecular complexity index is 760. The van der Waals surface area contributed by atoms with E-state index >= 15 is 0 Å². The molecule has 0 saturated carbocycles. The van der Waals surface area contributed by atoms with E-state index in [-0.39, 0.29) is 10.4 Å². The summed E-state index contributed by atoms with van der Waals surface area (Å²) in [5, 5.41) is 9.65. The minimum absolute atomic E-state index is 0.0830. The smallest absolute Gasteiger partial charge is 0.346 e. The zero-order chi connectivity index (χ0) is 14.4. The molecule has 1 aliphatic rings. The van der Waals surface area contributed by atoms with Gasteiger partial charge in [-0.3, -0.25) is 9.36 Å². The summed E-state index contributed by atoms with van der Waals surface area (Å²) in [6.07, 6.45) is 2.77. The summed E-state index contributed by atoms with van der Waals surface area (Å²) in [4.78, 5) is 29.2. The molecule has 3 rings (SSSR count). The van der Waals surface area contributed by atoms with Gasteiger partial charge in [0.1, 0.15) is 15.5 Å². The van der Waals surface area contributed by atoms with E-state index in [4.69, 9.17) is 0 Å². The van der Waals surface area contributed by atoms with Crippen LogP contribution in [0.2, 0.25) is 0 Å². The van der Waals surface area contributed by atoms with E-state index in [0.717, 1.165) is 36.4 Å². The maximum Gasteiger partial charge on any atom is 0.346 e.